The molecule has 1 aromatic carbocycles. The van der Waals surface area contributed by atoms with E-state index in [1.54, 1.807) is 19.1 Å². The van der Waals surface area contributed by atoms with Gasteiger partial charge in [-0.05, 0) is 36.3 Å². The lowest BCUT2D eigenvalue weighted by Crippen LogP contribution is -2.55. The highest BCUT2D eigenvalue weighted by Crippen LogP contribution is 2.31. The maximum absolute atomic E-state index is 11.9. The van der Waals surface area contributed by atoms with Crippen molar-refractivity contribution in [3.63, 3.8) is 0 Å². The number of aliphatic hydroxyl groups is 3. The number of hydrogen-bond donors (Lipinski definition) is 4. The van der Waals surface area contributed by atoms with Crippen molar-refractivity contribution in [2.24, 2.45) is 0 Å². The van der Waals surface area contributed by atoms with E-state index < -0.39 is 30.1 Å². The van der Waals surface area contributed by atoms with Crippen LogP contribution in [0, 0.1) is 6.92 Å². The molecule has 0 spiro atoms. The molecule has 1 saturated carbocycles. The molecule has 8 heteroatoms. The highest BCUT2D eigenvalue weighted by atomic mass is 16.6. The number of aromatic hydroxyl groups is 1. The molecule has 2 atom stereocenters. The van der Waals surface area contributed by atoms with Crippen molar-refractivity contribution in [2.45, 2.75) is 43.9 Å². The fraction of sp³-hybridized carbons (Fsp3) is 0.412. The van der Waals surface area contributed by atoms with Gasteiger partial charge in [0.25, 0.3) is 6.47 Å². The molecule has 0 aliphatic heterocycles. The van der Waals surface area contributed by atoms with E-state index in [4.69, 9.17) is 4.74 Å². The van der Waals surface area contributed by atoms with E-state index in [2.05, 4.69) is 4.74 Å². The van der Waals surface area contributed by atoms with Crippen LogP contribution in [0.15, 0.2) is 24.3 Å². The number of carbonyl (C=O) groups excluding carboxylic acids is 2. The van der Waals surface area contributed by atoms with Crippen molar-refractivity contribution in [1.29, 1.82) is 0 Å². The number of phenols is 1. The van der Waals surface area contributed by atoms with Crippen LogP contribution in [-0.4, -0.2) is 57.0 Å². The Hall–Kier alpha value is -2.42. The monoisotopic (exact) mass is 352 g/mol. The Balaban J connectivity index is 1.99. The average molecular weight is 352 g/mol. The molecular formula is C17H20O8. The molecule has 1 aromatic rings. The summed E-state index contributed by atoms with van der Waals surface area (Å²) < 4.78 is 9.50. The van der Waals surface area contributed by atoms with Gasteiger partial charge < -0.3 is 29.9 Å². The van der Waals surface area contributed by atoms with Gasteiger partial charge in [-0.2, -0.15) is 0 Å². The smallest absolute Gasteiger partial charge is 0.331 e. The van der Waals surface area contributed by atoms with Crippen LogP contribution in [0.2, 0.25) is 0 Å². The molecule has 2 unspecified atom stereocenters. The number of rotatable bonds is 5. The lowest BCUT2D eigenvalue weighted by Gasteiger charge is -2.39. The Kier molecular flexibility index (Phi) is 5.78. The fourth-order valence-corrected chi connectivity index (χ4v) is 2.69. The first-order valence-electron chi connectivity index (χ1n) is 7.62. The van der Waals surface area contributed by atoms with Gasteiger partial charge >= 0.3 is 5.97 Å². The molecule has 0 aromatic heterocycles. The molecule has 8 nitrogen and oxygen atoms in total. The van der Waals surface area contributed by atoms with Gasteiger partial charge in [-0.25, -0.2) is 4.79 Å². The first kappa shape index (κ1) is 18.9. The largest absolute Gasteiger partial charge is 0.508 e. The number of carbonyl (C=O) groups is 2. The summed E-state index contributed by atoms with van der Waals surface area (Å²) in [7, 11) is 0. The van der Waals surface area contributed by atoms with E-state index in [-0.39, 0.29) is 25.1 Å². The lowest BCUT2D eigenvalue weighted by atomic mass is 9.87. The fourth-order valence-electron chi connectivity index (χ4n) is 2.69. The Bertz CT molecular complexity index is 657. The predicted octanol–water partition coefficient (Wildman–Crippen LogP) is 0.00282. The molecule has 2 rings (SSSR count). The van der Waals surface area contributed by atoms with Crippen molar-refractivity contribution < 1.29 is 39.5 Å². The third-order valence-corrected chi connectivity index (χ3v) is 3.97. The number of hydrogen-bond acceptors (Lipinski definition) is 8. The third kappa shape index (κ3) is 4.79. The van der Waals surface area contributed by atoms with Gasteiger partial charge in [-0.3, -0.25) is 4.79 Å². The summed E-state index contributed by atoms with van der Waals surface area (Å²) in [4.78, 5) is 22.2. The Morgan fingerprint density at radius 3 is 2.48 bits per heavy atom. The lowest BCUT2D eigenvalue weighted by molar-refractivity contribution is -0.255. The van der Waals surface area contributed by atoms with Gasteiger partial charge in [-0.15, -0.1) is 0 Å². The van der Waals surface area contributed by atoms with E-state index in [1.807, 2.05) is 0 Å². The molecule has 1 aliphatic rings. The Morgan fingerprint density at radius 1 is 1.28 bits per heavy atom. The normalized spacial score (nSPS) is 29.4. The first-order valence-corrected chi connectivity index (χ1v) is 7.62. The van der Waals surface area contributed by atoms with Gasteiger partial charge in [0.05, 0.1) is 12.2 Å². The van der Waals surface area contributed by atoms with Crippen molar-refractivity contribution in [3.05, 3.63) is 35.4 Å². The van der Waals surface area contributed by atoms with Crippen molar-refractivity contribution in [3.8, 4) is 5.75 Å². The Morgan fingerprint density at radius 2 is 1.92 bits per heavy atom. The average Bonchev–Trinajstić information content (AvgIpc) is 2.52. The molecule has 4 N–H and O–H groups in total. The molecule has 1 fully saturated rings. The number of benzene rings is 1. The summed E-state index contributed by atoms with van der Waals surface area (Å²) in [6.45, 7) is 1.73. The second-order valence-corrected chi connectivity index (χ2v) is 5.98. The standard InChI is InChI=1S/C17H20O8/c1-10-6-11(2-4-12(10)19)3-5-15(22)25-16-13(20)7-17(23,24-9-18)8-14(16)21/h2-6,9,13-14,16,19-21,23H,7-8H2,1H3/b5-3+. The van der Waals surface area contributed by atoms with E-state index in [1.165, 1.54) is 12.1 Å². The van der Waals surface area contributed by atoms with E-state index in [0.717, 1.165) is 6.08 Å². The molecular weight excluding hydrogens is 332 g/mol. The molecule has 0 radical (unpaired) electrons. The number of ether oxygens (including phenoxy) is 2. The molecule has 25 heavy (non-hydrogen) atoms. The Labute approximate surface area is 143 Å². The van der Waals surface area contributed by atoms with Crippen molar-refractivity contribution >= 4 is 18.5 Å². The van der Waals surface area contributed by atoms with E-state index in [9.17, 15) is 30.0 Å². The molecule has 136 valence electrons. The first-order chi connectivity index (χ1) is 11.7. The number of phenolic OH excluding ortho intramolecular Hbond substituents is 1. The molecule has 0 heterocycles. The summed E-state index contributed by atoms with van der Waals surface area (Å²) >= 11 is 0. The van der Waals surface area contributed by atoms with Gasteiger partial charge in [0.15, 0.2) is 6.10 Å². The zero-order valence-electron chi connectivity index (χ0n) is 13.5. The predicted molar refractivity (Wildman–Crippen MR) is 85.1 cm³/mol. The summed E-state index contributed by atoms with van der Waals surface area (Å²) in [6.07, 6.45) is -2.25. The van der Waals surface area contributed by atoms with Gasteiger partial charge in [0.1, 0.15) is 5.75 Å². The summed E-state index contributed by atoms with van der Waals surface area (Å²) in [5, 5.41) is 39.3. The third-order valence-electron chi connectivity index (χ3n) is 3.97. The highest BCUT2D eigenvalue weighted by molar-refractivity contribution is 5.87. The van der Waals surface area contributed by atoms with Gasteiger partial charge in [0, 0.05) is 18.9 Å². The summed E-state index contributed by atoms with van der Waals surface area (Å²) in [5.74, 6) is -2.66. The molecule has 0 amide bonds. The van der Waals surface area contributed by atoms with Crippen LogP contribution in [0.3, 0.4) is 0 Å². The number of aliphatic hydroxyl groups excluding tert-OH is 2. The van der Waals surface area contributed by atoms with E-state index in [0.29, 0.717) is 11.1 Å². The number of esters is 1. The highest BCUT2D eigenvalue weighted by Gasteiger charge is 2.47. The van der Waals surface area contributed by atoms with Crippen LogP contribution in [0.25, 0.3) is 6.08 Å². The maximum Gasteiger partial charge on any atom is 0.331 e. The second kappa shape index (κ2) is 7.64. The quantitative estimate of drug-likeness (QED) is 0.252. The van der Waals surface area contributed by atoms with Crippen molar-refractivity contribution in [1.82, 2.24) is 0 Å². The van der Waals surface area contributed by atoms with Crippen LogP contribution in [0.1, 0.15) is 24.0 Å². The van der Waals surface area contributed by atoms with Gasteiger partial charge in [0.2, 0.25) is 5.79 Å². The second-order valence-electron chi connectivity index (χ2n) is 5.98. The van der Waals surface area contributed by atoms with Crippen molar-refractivity contribution in [2.75, 3.05) is 0 Å². The van der Waals surface area contributed by atoms with Crippen LogP contribution < -0.4 is 0 Å². The minimum absolute atomic E-state index is 0.0220. The SMILES string of the molecule is Cc1cc(/C=C/C(=O)OC2C(O)CC(O)(OC=O)CC2O)ccc1O. The topological polar surface area (TPSA) is 134 Å². The van der Waals surface area contributed by atoms with Crippen LogP contribution in [-0.2, 0) is 19.1 Å². The van der Waals surface area contributed by atoms with Gasteiger partial charge in [-0.1, -0.05) is 6.07 Å². The minimum atomic E-state index is -2.00. The zero-order chi connectivity index (χ0) is 18.6. The van der Waals surface area contributed by atoms with E-state index >= 15 is 0 Å². The molecule has 1 aliphatic carbocycles. The van der Waals surface area contributed by atoms with Crippen LogP contribution >= 0.6 is 0 Å². The van der Waals surface area contributed by atoms with Crippen LogP contribution in [0.5, 0.6) is 5.75 Å². The molecule has 0 bridgehead atoms. The molecule has 0 saturated heterocycles. The summed E-state index contributed by atoms with van der Waals surface area (Å²) in [5.41, 5.74) is 1.30. The number of aryl methyl sites for hydroxylation is 1. The summed E-state index contributed by atoms with van der Waals surface area (Å²) in [6, 6.07) is 4.76. The zero-order valence-corrected chi connectivity index (χ0v) is 13.5. The minimum Gasteiger partial charge on any atom is -0.508 e. The maximum atomic E-state index is 11.9. The van der Waals surface area contributed by atoms with Crippen LogP contribution in [0.4, 0.5) is 0 Å².